The predicted molar refractivity (Wildman–Crippen MR) is 103 cm³/mol. The molecule has 130 valence electrons. The van der Waals surface area contributed by atoms with Crippen molar-refractivity contribution < 1.29 is 4.74 Å². The van der Waals surface area contributed by atoms with Gasteiger partial charge in [-0.15, -0.1) is 11.3 Å². The van der Waals surface area contributed by atoms with Crippen LogP contribution in [0.25, 0.3) is 10.2 Å². The number of thioether (sulfide) groups is 1. The van der Waals surface area contributed by atoms with Crippen molar-refractivity contribution in [2.45, 2.75) is 49.8 Å². The minimum absolute atomic E-state index is 0.0292. The number of ether oxygens (including phenoxy) is 1. The molecular weight excluding hydrogens is 352 g/mol. The van der Waals surface area contributed by atoms with Crippen molar-refractivity contribution in [2.24, 2.45) is 0 Å². The molecule has 0 saturated carbocycles. The highest BCUT2D eigenvalue weighted by Crippen LogP contribution is 2.38. The van der Waals surface area contributed by atoms with Crippen LogP contribution in [0.15, 0.2) is 40.3 Å². The van der Waals surface area contributed by atoms with Crippen LogP contribution in [0.3, 0.4) is 0 Å². The molecule has 0 bridgehead atoms. The number of rotatable bonds is 4. The first-order valence-electron chi connectivity index (χ1n) is 8.43. The van der Waals surface area contributed by atoms with Gasteiger partial charge < -0.3 is 9.72 Å². The molecule has 1 atom stereocenters. The number of fused-ring (bicyclic) bond motifs is 3. The molecule has 0 radical (unpaired) electrons. The molecule has 0 aliphatic carbocycles. The summed E-state index contributed by atoms with van der Waals surface area (Å²) in [6, 6.07) is 10.2. The van der Waals surface area contributed by atoms with Crippen molar-refractivity contribution in [3.63, 3.8) is 0 Å². The number of nitrogens with one attached hydrogen (secondary N) is 1. The smallest absolute Gasteiger partial charge is 0.260 e. The largest absolute Gasteiger partial charge is 0.369 e. The summed E-state index contributed by atoms with van der Waals surface area (Å²) >= 11 is 3.15. The molecule has 0 saturated heterocycles. The molecule has 4 rings (SSSR count). The lowest BCUT2D eigenvalue weighted by Gasteiger charge is -2.32. The molecule has 1 aromatic carbocycles. The molecule has 1 N–H and O–H groups in total. The molecule has 0 spiro atoms. The summed E-state index contributed by atoms with van der Waals surface area (Å²) in [5, 5.41) is 1.44. The van der Waals surface area contributed by atoms with E-state index >= 15 is 0 Å². The summed E-state index contributed by atoms with van der Waals surface area (Å²) in [7, 11) is 0. The van der Waals surface area contributed by atoms with Crippen LogP contribution in [0.2, 0.25) is 0 Å². The van der Waals surface area contributed by atoms with E-state index in [0.717, 1.165) is 39.3 Å². The molecule has 1 aliphatic rings. The van der Waals surface area contributed by atoms with Crippen LogP contribution in [-0.2, 0) is 23.5 Å². The van der Waals surface area contributed by atoms with Gasteiger partial charge in [0.15, 0.2) is 5.16 Å². The highest BCUT2D eigenvalue weighted by atomic mass is 32.2. The second kappa shape index (κ2) is 6.59. The average Bonchev–Trinajstić information content (AvgIpc) is 2.98. The van der Waals surface area contributed by atoms with Crippen LogP contribution in [0, 0.1) is 0 Å². The van der Waals surface area contributed by atoms with E-state index in [1.165, 1.54) is 5.56 Å². The van der Waals surface area contributed by atoms with E-state index in [1.807, 2.05) is 18.2 Å². The van der Waals surface area contributed by atoms with Gasteiger partial charge in [0.2, 0.25) is 0 Å². The number of hydrogen-bond donors (Lipinski definition) is 1. The van der Waals surface area contributed by atoms with Crippen molar-refractivity contribution in [3.8, 4) is 0 Å². The molecule has 3 heterocycles. The summed E-state index contributed by atoms with van der Waals surface area (Å²) in [6.07, 6.45) is 1.71. The third kappa shape index (κ3) is 3.26. The average molecular weight is 373 g/mol. The number of thiophene rings is 1. The van der Waals surface area contributed by atoms with Crippen LogP contribution in [-0.4, -0.2) is 15.6 Å². The molecule has 0 fully saturated rings. The Bertz CT molecular complexity index is 965. The third-order valence-corrected chi connectivity index (χ3v) is 6.84. The molecule has 0 amide bonds. The molecule has 1 unspecified atom stereocenters. The molecule has 25 heavy (non-hydrogen) atoms. The van der Waals surface area contributed by atoms with Crippen molar-refractivity contribution in [2.75, 3.05) is 0 Å². The standard InChI is InChI=1S/C19H20N2O2S2/c1-3-19(2)9-13-14(10-23-19)25-17-15(13)16(22)20-18(21-17)24-11-12-7-5-4-6-8-12/h4-8H,3,9-11H2,1-2H3,(H,20,21,22). The maximum atomic E-state index is 12.7. The minimum Gasteiger partial charge on any atom is -0.369 e. The predicted octanol–water partition coefficient (Wildman–Crippen LogP) is 4.52. The lowest BCUT2D eigenvalue weighted by atomic mass is 9.90. The minimum atomic E-state index is -0.186. The van der Waals surface area contributed by atoms with Crippen LogP contribution < -0.4 is 5.56 Å². The first kappa shape index (κ1) is 16.8. The summed E-state index contributed by atoms with van der Waals surface area (Å²) in [4.78, 5) is 22.3. The lowest BCUT2D eigenvalue weighted by Crippen LogP contribution is -2.34. The molecule has 3 aromatic rings. The first-order valence-corrected chi connectivity index (χ1v) is 10.2. The van der Waals surface area contributed by atoms with Gasteiger partial charge in [0.25, 0.3) is 5.56 Å². The zero-order valence-electron chi connectivity index (χ0n) is 14.3. The number of H-pyrrole nitrogens is 1. The van der Waals surface area contributed by atoms with Crippen LogP contribution in [0.5, 0.6) is 0 Å². The van der Waals surface area contributed by atoms with E-state index in [9.17, 15) is 4.79 Å². The number of hydrogen-bond acceptors (Lipinski definition) is 5. The van der Waals surface area contributed by atoms with E-state index in [4.69, 9.17) is 9.72 Å². The van der Waals surface area contributed by atoms with E-state index in [2.05, 4.69) is 31.0 Å². The van der Waals surface area contributed by atoms with Crippen molar-refractivity contribution in [3.05, 3.63) is 56.7 Å². The van der Waals surface area contributed by atoms with Gasteiger partial charge in [-0.25, -0.2) is 4.98 Å². The van der Waals surface area contributed by atoms with Gasteiger partial charge in [0.1, 0.15) is 4.83 Å². The Morgan fingerprint density at radius 3 is 2.92 bits per heavy atom. The molecule has 6 heteroatoms. The van der Waals surface area contributed by atoms with E-state index in [1.54, 1.807) is 23.1 Å². The summed E-state index contributed by atoms with van der Waals surface area (Å²) in [6.45, 7) is 4.82. The number of aromatic nitrogens is 2. The van der Waals surface area contributed by atoms with Gasteiger partial charge in [0.05, 0.1) is 17.6 Å². The summed E-state index contributed by atoms with van der Waals surface area (Å²) in [5.74, 6) is 0.789. The van der Waals surface area contributed by atoms with Crippen molar-refractivity contribution in [1.82, 2.24) is 9.97 Å². The van der Waals surface area contributed by atoms with Gasteiger partial charge in [-0.1, -0.05) is 49.0 Å². The highest BCUT2D eigenvalue weighted by molar-refractivity contribution is 7.98. The molecular formula is C19H20N2O2S2. The molecule has 2 aromatic heterocycles. The van der Waals surface area contributed by atoms with Gasteiger partial charge in [-0.05, 0) is 24.5 Å². The molecule has 1 aliphatic heterocycles. The second-order valence-electron chi connectivity index (χ2n) is 6.60. The first-order chi connectivity index (χ1) is 12.1. The Labute approximate surface area is 154 Å². The lowest BCUT2D eigenvalue weighted by molar-refractivity contribution is -0.0543. The quantitative estimate of drug-likeness (QED) is 0.540. The maximum absolute atomic E-state index is 12.7. The Balaban J connectivity index is 1.66. The Morgan fingerprint density at radius 1 is 1.36 bits per heavy atom. The zero-order valence-corrected chi connectivity index (χ0v) is 15.9. The van der Waals surface area contributed by atoms with Gasteiger partial charge >= 0.3 is 0 Å². The second-order valence-corrected chi connectivity index (χ2v) is 8.65. The Morgan fingerprint density at radius 2 is 2.16 bits per heavy atom. The fourth-order valence-electron chi connectivity index (χ4n) is 3.08. The number of aromatic amines is 1. The zero-order chi connectivity index (χ0) is 17.4. The third-order valence-electron chi connectivity index (χ3n) is 4.79. The van der Waals surface area contributed by atoms with Crippen LogP contribution in [0.1, 0.15) is 36.3 Å². The van der Waals surface area contributed by atoms with E-state index in [-0.39, 0.29) is 11.2 Å². The number of benzene rings is 1. The maximum Gasteiger partial charge on any atom is 0.260 e. The number of nitrogens with zero attached hydrogens (tertiary/aromatic N) is 1. The Hall–Kier alpha value is -1.63. The van der Waals surface area contributed by atoms with Crippen molar-refractivity contribution >= 4 is 33.3 Å². The normalized spacial score (nSPS) is 19.9. The summed E-state index contributed by atoms with van der Waals surface area (Å²) in [5.41, 5.74) is 2.13. The van der Waals surface area contributed by atoms with Crippen molar-refractivity contribution in [1.29, 1.82) is 0 Å². The van der Waals surface area contributed by atoms with Gasteiger partial charge in [0, 0.05) is 17.1 Å². The topological polar surface area (TPSA) is 55.0 Å². The monoisotopic (exact) mass is 372 g/mol. The Kier molecular flexibility index (Phi) is 4.43. The summed E-state index contributed by atoms with van der Waals surface area (Å²) < 4.78 is 6.01. The SMILES string of the molecule is CCC1(C)Cc2c(sc3nc(SCc4ccccc4)[nH]c(=O)c23)CO1. The highest BCUT2D eigenvalue weighted by Gasteiger charge is 2.32. The van der Waals surface area contributed by atoms with E-state index in [0.29, 0.717) is 11.8 Å². The fraction of sp³-hybridized carbons (Fsp3) is 0.368. The molecule has 4 nitrogen and oxygen atoms in total. The van der Waals surface area contributed by atoms with Crippen LogP contribution >= 0.6 is 23.1 Å². The van der Waals surface area contributed by atoms with Crippen LogP contribution in [0.4, 0.5) is 0 Å². The van der Waals surface area contributed by atoms with E-state index < -0.39 is 0 Å². The fourth-order valence-corrected chi connectivity index (χ4v) is 5.06. The van der Waals surface area contributed by atoms with Gasteiger partial charge in [-0.3, -0.25) is 4.79 Å². The van der Waals surface area contributed by atoms with Gasteiger partial charge in [-0.2, -0.15) is 0 Å².